The summed E-state index contributed by atoms with van der Waals surface area (Å²) in [6.07, 6.45) is 6.38. The van der Waals surface area contributed by atoms with Crippen molar-refractivity contribution in [3.05, 3.63) is 12.2 Å². The lowest BCUT2D eigenvalue weighted by Gasteiger charge is -2.24. The van der Waals surface area contributed by atoms with E-state index < -0.39 is 0 Å². The van der Waals surface area contributed by atoms with Crippen LogP contribution in [0.5, 0.6) is 0 Å². The molecule has 0 saturated carbocycles. The molecule has 2 fully saturated rings. The first-order valence-electron chi connectivity index (χ1n) is 10.5. The van der Waals surface area contributed by atoms with Crippen molar-refractivity contribution in [3.8, 4) is 0 Å². The van der Waals surface area contributed by atoms with Crippen molar-refractivity contribution in [3.63, 3.8) is 0 Å². The second kappa shape index (κ2) is 12.6. The number of rotatable bonds is 9. The van der Waals surface area contributed by atoms with Gasteiger partial charge >= 0.3 is 0 Å². The Kier molecular flexibility index (Phi) is 10.5. The van der Waals surface area contributed by atoms with E-state index in [2.05, 4.69) is 44.1 Å². The Bertz CT molecular complexity index is 589. The van der Waals surface area contributed by atoms with Crippen LogP contribution in [0.2, 0.25) is 0 Å². The van der Waals surface area contributed by atoms with Gasteiger partial charge in [0, 0.05) is 51.2 Å². The highest BCUT2D eigenvalue weighted by Crippen LogP contribution is 2.15. The molecule has 3 rings (SSSR count). The Hall–Kier alpha value is -0.940. The van der Waals surface area contributed by atoms with Gasteiger partial charge in [0.1, 0.15) is 12.2 Å². The van der Waals surface area contributed by atoms with Gasteiger partial charge in [-0.25, -0.2) is 0 Å². The van der Waals surface area contributed by atoms with Crippen LogP contribution in [0.15, 0.2) is 11.3 Å². The van der Waals surface area contributed by atoms with Gasteiger partial charge in [-0.2, -0.15) is 0 Å². The summed E-state index contributed by atoms with van der Waals surface area (Å²) in [4.78, 5) is 7.39. The van der Waals surface area contributed by atoms with Crippen LogP contribution in [0.3, 0.4) is 0 Å². The topological polar surface area (TPSA) is 79.6 Å². The van der Waals surface area contributed by atoms with E-state index in [0.29, 0.717) is 12.0 Å². The van der Waals surface area contributed by atoms with Crippen LogP contribution in [0.1, 0.15) is 38.9 Å². The molecule has 0 aromatic carbocycles. The van der Waals surface area contributed by atoms with E-state index in [4.69, 9.17) is 9.73 Å². The summed E-state index contributed by atoms with van der Waals surface area (Å²) in [5, 5.41) is 15.2. The molecule has 8 nitrogen and oxygen atoms in total. The molecule has 0 bridgehead atoms. The molecule has 1 aromatic heterocycles. The number of aromatic nitrogens is 3. The molecule has 160 valence electrons. The number of aliphatic imine (C=N–C) groups is 1. The van der Waals surface area contributed by atoms with Gasteiger partial charge in [-0.05, 0) is 32.4 Å². The SMILES string of the molecule is CCc1nncn1CCNC(=NCC1CCOC1)NCC1CCCN1CC.I. The zero-order valence-electron chi connectivity index (χ0n) is 17.3. The molecule has 1 aromatic rings. The first-order valence-corrected chi connectivity index (χ1v) is 10.5. The molecule has 0 radical (unpaired) electrons. The third-order valence-electron chi connectivity index (χ3n) is 5.60. The molecule has 2 aliphatic rings. The van der Waals surface area contributed by atoms with E-state index >= 15 is 0 Å². The highest BCUT2D eigenvalue weighted by Gasteiger charge is 2.23. The number of hydrogen-bond acceptors (Lipinski definition) is 5. The van der Waals surface area contributed by atoms with Gasteiger partial charge in [-0.3, -0.25) is 9.89 Å². The van der Waals surface area contributed by atoms with E-state index in [-0.39, 0.29) is 24.0 Å². The van der Waals surface area contributed by atoms with Crippen molar-refractivity contribution in [2.45, 2.75) is 52.1 Å². The molecule has 0 spiro atoms. The van der Waals surface area contributed by atoms with Gasteiger partial charge in [0.05, 0.1) is 6.61 Å². The van der Waals surface area contributed by atoms with Crippen LogP contribution in [0.4, 0.5) is 0 Å². The van der Waals surface area contributed by atoms with Crippen molar-refractivity contribution < 1.29 is 4.74 Å². The molecule has 2 N–H and O–H groups in total. The first kappa shape index (κ1) is 23.3. The van der Waals surface area contributed by atoms with Crippen LogP contribution in [0, 0.1) is 5.92 Å². The second-order valence-electron chi connectivity index (χ2n) is 7.45. The smallest absolute Gasteiger partial charge is 0.191 e. The molecule has 9 heteroatoms. The Balaban J connectivity index is 0.00000280. The quantitative estimate of drug-likeness (QED) is 0.301. The second-order valence-corrected chi connectivity index (χ2v) is 7.45. The molecule has 2 saturated heterocycles. The monoisotopic (exact) mass is 505 g/mol. The number of ether oxygens (including phenoxy) is 1. The molecular weight excluding hydrogens is 469 g/mol. The molecule has 0 aliphatic carbocycles. The number of halogens is 1. The predicted octanol–water partition coefficient (Wildman–Crippen LogP) is 1.51. The third kappa shape index (κ3) is 6.84. The van der Waals surface area contributed by atoms with E-state index in [1.54, 1.807) is 6.33 Å². The standard InChI is InChI=1S/C19H35N7O.HI/c1-3-18-24-23-15-26(18)10-8-20-19(21-12-16-7-11-27-14-16)22-13-17-6-5-9-25(17)4-2;/h15-17H,3-14H2,1-2H3,(H2,20,21,22);1H. The first-order chi connectivity index (χ1) is 13.3. The minimum absolute atomic E-state index is 0. The summed E-state index contributed by atoms with van der Waals surface area (Å²) in [6.45, 7) is 11.8. The number of likely N-dealkylation sites (N-methyl/N-ethyl adjacent to an activating group) is 1. The molecule has 2 aliphatic heterocycles. The van der Waals surface area contributed by atoms with E-state index in [1.807, 2.05) is 0 Å². The van der Waals surface area contributed by atoms with Crippen molar-refractivity contribution in [2.75, 3.05) is 45.9 Å². The number of likely N-dealkylation sites (tertiary alicyclic amines) is 1. The maximum Gasteiger partial charge on any atom is 0.191 e. The molecule has 0 amide bonds. The maximum absolute atomic E-state index is 5.48. The molecule has 2 atom stereocenters. The van der Waals surface area contributed by atoms with Gasteiger partial charge in [0.25, 0.3) is 0 Å². The van der Waals surface area contributed by atoms with Crippen LogP contribution in [-0.4, -0.2) is 77.6 Å². The molecular formula is C19H36IN7O. The number of nitrogens with zero attached hydrogens (tertiary/aromatic N) is 5. The Labute approximate surface area is 185 Å². The number of nitrogens with one attached hydrogen (secondary N) is 2. The van der Waals surface area contributed by atoms with Crippen LogP contribution < -0.4 is 10.6 Å². The fraction of sp³-hybridized carbons (Fsp3) is 0.842. The van der Waals surface area contributed by atoms with Crippen molar-refractivity contribution in [1.29, 1.82) is 0 Å². The Morgan fingerprint density at radius 3 is 2.96 bits per heavy atom. The molecule has 28 heavy (non-hydrogen) atoms. The third-order valence-corrected chi connectivity index (χ3v) is 5.60. The Morgan fingerprint density at radius 2 is 2.21 bits per heavy atom. The van der Waals surface area contributed by atoms with Crippen LogP contribution in [-0.2, 0) is 17.7 Å². The van der Waals surface area contributed by atoms with Crippen molar-refractivity contribution in [1.82, 2.24) is 30.3 Å². The maximum atomic E-state index is 5.48. The minimum atomic E-state index is 0. The van der Waals surface area contributed by atoms with Crippen molar-refractivity contribution >= 4 is 29.9 Å². The lowest BCUT2D eigenvalue weighted by molar-refractivity contribution is 0.187. The summed E-state index contributed by atoms with van der Waals surface area (Å²) in [6, 6.07) is 0.612. The highest BCUT2D eigenvalue weighted by molar-refractivity contribution is 14.0. The normalized spacial score (nSPS) is 23.0. The van der Waals surface area contributed by atoms with Crippen LogP contribution in [0.25, 0.3) is 0 Å². The van der Waals surface area contributed by atoms with E-state index in [0.717, 1.165) is 70.6 Å². The average molecular weight is 505 g/mol. The largest absolute Gasteiger partial charge is 0.381 e. The van der Waals surface area contributed by atoms with Crippen molar-refractivity contribution in [2.24, 2.45) is 10.9 Å². The Morgan fingerprint density at radius 1 is 1.32 bits per heavy atom. The van der Waals surface area contributed by atoms with Gasteiger partial charge in [-0.15, -0.1) is 34.2 Å². The zero-order valence-corrected chi connectivity index (χ0v) is 19.6. The lowest BCUT2D eigenvalue weighted by Crippen LogP contribution is -2.45. The summed E-state index contributed by atoms with van der Waals surface area (Å²) in [7, 11) is 0. The lowest BCUT2D eigenvalue weighted by atomic mass is 10.1. The summed E-state index contributed by atoms with van der Waals surface area (Å²) in [5.74, 6) is 2.48. The minimum Gasteiger partial charge on any atom is -0.381 e. The number of hydrogen-bond donors (Lipinski definition) is 2. The van der Waals surface area contributed by atoms with E-state index in [9.17, 15) is 0 Å². The predicted molar refractivity (Wildman–Crippen MR) is 122 cm³/mol. The molecule has 3 heterocycles. The summed E-state index contributed by atoms with van der Waals surface area (Å²) in [5.41, 5.74) is 0. The van der Waals surface area contributed by atoms with Gasteiger partial charge in [0.15, 0.2) is 5.96 Å². The molecule has 2 unspecified atom stereocenters. The van der Waals surface area contributed by atoms with E-state index in [1.165, 1.54) is 19.4 Å². The number of aryl methyl sites for hydroxylation is 1. The fourth-order valence-corrected chi connectivity index (χ4v) is 3.91. The van der Waals surface area contributed by atoms with Gasteiger partial charge in [-0.1, -0.05) is 13.8 Å². The van der Waals surface area contributed by atoms with Gasteiger partial charge < -0.3 is 19.9 Å². The average Bonchev–Trinajstić information content (AvgIpc) is 3.44. The zero-order chi connectivity index (χ0) is 18.9. The van der Waals surface area contributed by atoms with Crippen LogP contribution >= 0.6 is 24.0 Å². The fourth-order valence-electron chi connectivity index (χ4n) is 3.91. The van der Waals surface area contributed by atoms with Gasteiger partial charge in [0.2, 0.25) is 0 Å². The summed E-state index contributed by atoms with van der Waals surface area (Å²) < 4.78 is 7.58. The highest BCUT2D eigenvalue weighted by atomic mass is 127. The number of guanidine groups is 1. The summed E-state index contributed by atoms with van der Waals surface area (Å²) >= 11 is 0.